The summed E-state index contributed by atoms with van der Waals surface area (Å²) in [6, 6.07) is 8.69. The molecule has 0 fully saturated rings. The number of benzene rings is 1. The summed E-state index contributed by atoms with van der Waals surface area (Å²) in [5.74, 6) is 0. The van der Waals surface area contributed by atoms with Gasteiger partial charge in [0, 0.05) is 15.0 Å². The van der Waals surface area contributed by atoms with Gasteiger partial charge >= 0.3 is 0 Å². The molecule has 0 spiro atoms. The van der Waals surface area contributed by atoms with E-state index in [1.165, 1.54) is 29.7 Å². The zero-order chi connectivity index (χ0) is 12.5. The monoisotopic (exact) mass is 341 g/mol. The van der Waals surface area contributed by atoms with Gasteiger partial charge in [0.25, 0.3) is 0 Å². The van der Waals surface area contributed by atoms with E-state index in [9.17, 15) is 0 Å². The minimum Gasteiger partial charge on any atom is -0.378 e. The summed E-state index contributed by atoms with van der Waals surface area (Å²) in [6.07, 6.45) is 3.69. The van der Waals surface area contributed by atoms with Gasteiger partial charge < -0.3 is 5.32 Å². The molecule has 0 bridgehead atoms. The molecule has 4 heteroatoms. The number of hydrogen-bond donors (Lipinski definition) is 1. The van der Waals surface area contributed by atoms with Gasteiger partial charge in [-0.05, 0) is 70.4 Å². The van der Waals surface area contributed by atoms with Crippen LogP contribution in [0.2, 0.25) is 5.02 Å². The van der Waals surface area contributed by atoms with Gasteiger partial charge in [-0.1, -0.05) is 11.6 Å². The van der Waals surface area contributed by atoms with Crippen molar-refractivity contribution >= 4 is 44.6 Å². The fourth-order valence-electron chi connectivity index (χ4n) is 2.42. The number of fused-ring (bicyclic) bond motifs is 1. The lowest BCUT2D eigenvalue weighted by Crippen LogP contribution is -2.15. The van der Waals surface area contributed by atoms with Crippen molar-refractivity contribution in [3.63, 3.8) is 0 Å². The lowest BCUT2D eigenvalue weighted by Gasteiger charge is -2.24. The average Bonchev–Trinajstić information content (AvgIpc) is 2.83. The second-order valence-electron chi connectivity index (χ2n) is 4.52. The van der Waals surface area contributed by atoms with Gasteiger partial charge in [-0.15, -0.1) is 11.3 Å². The SMILES string of the molecule is Clc1ccc(NC2CCCc3sccc32)cc1Br. The molecule has 1 aromatic heterocycles. The smallest absolute Gasteiger partial charge is 0.0549 e. The van der Waals surface area contributed by atoms with Gasteiger partial charge in [0.1, 0.15) is 0 Å². The molecule has 0 amide bonds. The van der Waals surface area contributed by atoms with Crippen LogP contribution in [0.25, 0.3) is 0 Å². The van der Waals surface area contributed by atoms with Gasteiger partial charge in [-0.25, -0.2) is 0 Å². The zero-order valence-corrected chi connectivity index (χ0v) is 12.9. The summed E-state index contributed by atoms with van der Waals surface area (Å²) in [4.78, 5) is 1.53. The van der Waals surface area contributed by atoms with Gasteiger partial charge in [0.2, 0.25) is 0 Å². The third-order valence-corrected chi connectivity index (χ3v) is 5.52. The summed E-state index contributed by atoms with van der Waals surface area (Å²) in [7, 11) is 0. The van der Waals surface area contributed by atoms with Gasteiger partial charge in [0.05, 0.1) is 11.1 Å². The molecule has 1 N–H and O–H groups in total. The van der Waals surface area contributed by atoms with E-state index in [0.717, 1.165) is 15.2 Å². The van der Waals surface area contributed by atoms with Crippen molar-refractivity contribution in [3.05, 3.63) is 49.6 Å². The van der Waals surface area contributed by atoms with Crippen LogP contribution in [0.5, 0.6) is 0 Å². The maximum absolute atomic E-state index is 6.01. The average molecular weight is 343 g/mol. The van der Waals surface area contributed by atoms with Crippen LogP contribution < -0.4 is 5.32 Å². The predicted octanol–water partition coefficient (Wildman–Crippen LogP) is 5.65. The van der Waals surface area contributed by atoms with E-state index in [2.05, 4.69) is 32.7 Å². The van der Waals surface area contributed by atoms with Crippen molar-refractivity contribution in [1.82, 2.24) is 0 Å². The molecule has 0 saturated carbocycles. The molecule has 94 valence electrons. The largest absolute Gasteiger partial charge is 0.378 e. The number of aryl methyl sites for hydroxylation is 1. The fourth-order valence-corrected chi connectivity index (χ4v) is 3.91. The molecule has 1 nitrogen and oxygen atoms in total. The highest BCUT2D eigenvalue weighted by Gasteiger charge is 2.20. The van der Waals surface area contributed by atoms with Crippen LogP contribution >= 0.6 is 38.9 Å². The Bertz CT molecular complexity index is 567. The summed E-state index contributed by atoms with van der Waals surface area (Å²) < 4.78 is 0.940. The quantitative estimate of drug-likeness (QED) is 0.743. The third-order valence-electron chi connectivity index (χ3n) is 3.31. The van der Waals surface area contributed by atoms with Crippen molar-refractivity contribution in [2.45, 2.75) is 25.3 Å². The van der Waals surface area contributed by atoms with Crippen LogP contribution in [0.3, 0.4) is 0 Å². The molecule has 0 aliphatic heterocycles. The Hall–Kier alpha value is -0.510. The van der Waals surface area contributed by atoms with Crippen LogP contribution in [-0.2, 0) is 6.42 Å². The highest BCUT2D eigenvalue weighted by Crippen LogP contribution is 2.36. The third kappa shape index (κ3) is 2.44. The summed E-state index contributed by atoms with van der Waals surface area (Å²) >= 11 is 11.4. The zero-order valence-electron chi connectivity index (χ0n) is 9.75. The Kier molecular flexibility index (Phi) is 3.64. The molecular weight excluding hydrogens is 330 g/mol. The van der Waals surface area contributed by atoms with Gasteiger partial charge in [0.15, 0.2) is 0 Å². The minimum absolute atomic E-state index is 0.438. The Labute approximate surface area is 124 Å². The number of thiophene rings is 1. The van der Waals surface area contributed by atoms with Crippen molar-refractivity contribution in [2.75, 3.05) is 5.32 Å². The molecular formula is C14H13BrClNS. The lowest BCUT2D eigenvalue weighted by molar-refractivity contribution is 0.609. The van der Waals surface area contributed by atoms with Crippen molar-refractivity contribution < 1.29 is 0 Å². The first kappa shape index (κ1) is 12.5. The van der Waals surface area contributed by atoms with Crippen molar-refractivity contribution in [3.8, 4) is 0 Å². The van der Waals surface area contributed by atoms with Crippen LogP contribution in [0.4, 0.5) is 5.69 Å². The van der Waals surface area contributed by atoms with Crippen LogP contribution in [0, 0.1) is 0 Å². The van der Waals surface area contributed by atoms with Crippen molar-refractivity contribution in [2.24, 2.45) is 0 Å². The molecule has 1 aromatic carbocycles. The number of halogens is 2. The first-order valence-corrected chi connectivity index (χ1v) is 8.07. The van der Waals surface area contributed by atoms with E-state index in [0.29, 0.717) is 6.04 Å². The Morgan fingerprint density at radius 3 is 3.06 bits per heavy atom. The topological polar surface area (TPSA) is 12.0 Å². The molecule has 0 saturated heterocycles. The highest BCUT2D eigenvalue weighted by atomic mass is 79.9. The first-order valence-electron chi connectivity index (χ1n) is 6.02. The Morgan fingerprint density at radius 2 is 2.22 bits per heavy atom. The number of nitrogens with one attached hydrogen (secondary N) is 1. The lowest BCUT2D eigenvalue weighted by atomic mass is 9.94. The maximum atomic E-state index is 6.01. The second-order valence-corrected chi connectivity index (χ2v) is 6.78. The number of hydrogen-bond acceptors (Lipinski definition) is 2. The molecule has 2 aromatic rings. The molecule has 18 heavy (non-hydrogen) atoms. The Morgan fingerprint density at radius 1 is 1.33 bits per heavy atom. The normalized spacial score (nSPS) is 18.4. The molecule has 3 rings (SSSR count). The van der Waals surface area contributed by atoms with E-state index in [4.69, 9.17) is 11.6 Å². The molecule has 1 atom stereocenters. The Balaban J connectivity index is 1.84. The van der Waals surface area contributed by atoms with Gasteiger partial charge in [-0.3, -0.25) is 0 Å². The van der Waals surface area contributed by atoms with E-state index >= 15 is 0 Å². The summed E-state index contributed by atoms with van der Waals surface area (Å²) in [5.41, 5.74) is 2.59. The molecule has 1 unspecified atom stereocenters. The van der Waals surface area contributed by atoms with Gasteiger partial charge in [-0.2, -0.15) is 0 Å². The minimum atomic E-state index is 0.438. The van der Waals surface area contributed by atoms with Crippen LogP contribution in [0.1, 0.15) is 29.3 Å². The van der Waals surface area contributed by atoms with E-state index in [1.807, 2.05) is 29.5 Å². The highest BCUT2D eigenvalue weighted by molar-refractivity contribution is 9.10. The summed E-state index contributed by atoms with van der Waals surface area (Å²) in [6.45, 7) is 0. The van der Waals surface area contributed by atoms with E-state index in [1.54, 1.807) is 0 Å². The maximum Gasteiger partial charge on any atom is 0.0549 e. The molecule has 0 radical (unpaired) electrons. The standard InChI is InChI=1S/C14H13BrClNS/c15-11-8-9(4-5-12(11)16)17-13-2-1-3-14-10(13)6-7-18-14/h4-8,13,17H,1-3H2. The molecule has 1 heterocycles. The fraction of sp³-hybridized carbons (Fsp3) is 0.286. The van der Waals surface area contributed by atoms with Crippen LogP contribution in [0.15, 0.2) is 34.1 Å². The number of rotatable bonds is 2. The van der Waals surface area contributed by atoms with E-state index in [-0.39, 0.29) is 0 Å². The number of anilines is 1. The van der Waals surface area contributed by atoms with E-state index < -0.39 is 0 Å². The predicted molar refractivity (Wildman–Crippen MR) is 82.8 cm³/mol. The molecule has 1 aliphatic carbocycles. The van der Waals surface area contributed by atoms with Crippen molar-refractivity contribution in [1.29, 1.82) is 0 Å². The second kappa shape index (κ2) is 5.24. The first-order chi connectivity index (χ1) is 8.74. The molecule has 1 aliphatic rings. The summed E-state index contributed by atoms with van der Waals surface area (Å²) in [5, 5.41) is 6.56. The van der Waals surface area contributed by atoms with Crippen LogP contribution in [-0.4, -0.2) is 0 Å².